The first-order chi connectivity index (χ1) is 6.61. The van der Waals surface area contributed by atoms with Crippen molar-refractivity contribution in [1.82, 2.24) is 9.38 Å². The van der Waals surface area contributed by atoms with Crippen LogP contribution < -0.4 is 5.73 Å². The number of nitrogen functional groups attached to an aromatic ring is 1. The van der Waals surface area contributed by atoms with Crippen molar-refractivity contribution in [1.29, 1.82) is 0 Å². The van der Waals surface area contributed by atoms with Gasteiger partial charge in [-0.3, -0.25) is 0 Å². The van der Waals surface area contributed by atoms with Crippen LogP contribution in [0.25, 0.3) is 5.52 Å². The molecule has 0 saturated carbocycles. The third-order valence-corrected chi connectivity index (χ3v) is 2.52. The minimum Gasteiger partial charge on any atom is -0.382 e. The van der Waals surface area contributed by atoms with E-state index >= 15 is 0 Å². The van der Waals surface area contributed by atoms with Crippen molar-refractivity contribution in [2.45, 2.75) is 26.7 Å². The Balaban J connectivity index is 2.84. The second-order valence-electron chi connectivity index (χ2n) is 3.94. The summed E-state index contributed by atoms with van der Waals surface area (Å²) in [5.41, 5.74) is 9.35. The number of hydrogen-bond acceptors (Lipinski definition) is 2. The third kappa shape index (κ3) is 1.16. The van der Waals surface area contributed by atoms with Crippen molar-refractivity contribution in [2.24, 2.45) is 0 Å². The number of aryl methyl sites for hydroxylation is 1. The molecular formula is C11H15N3. The normalized spacial score (nSPS) is 11.4. The third-order valence-electron chi connectivity index (χ3n) is 2.52. The Bertz CT molecular complexity index is 469. The summed E-state index contributed by atoms with van der Waals surface area (Å²) in [6.07, 6.45) is 3.71. The Kier molecular flexibility index (Phi) is 1.95. The molecule has 0 radical (unpaired) electrons. The second-order valence-corrected chi connectivity index (χ2v) is 3.94. The molecule has 2 rings (SSSR count). The maximum Gasteiger partial charge on any atom is 0.148 e. The fourth-order valence-electron chi connectivity index (χ4n) is 1.85. The van der Waals surface area contributed by atoms with E-state index < -0.39 is 0 Å². The fraction of sp³-hybridized carbons (Fsp3) is 0.364. The van der Waals surface area contributed by atoms with Crippen LogP contribution in [0.3, 0.4) is 0 Å². The molecule has 2 N–H and O–H groups in total. The van der Waals surface area contributed by atoms with Crippen LogP contribution >= 0.6 is 0 Å². The number of rotatable bonds is 1. The van der Waals surface area contributed by atoms with E-state index in [4.69, 9.17) is 5.73 Å². The molecule has 0 saturated heterocycles. The smallest absolute Gasteiger partial charge is 0.148 e. The number of aromatic nitrogens is 2. The van der Waals surface area contributed by atoms with Gasteiger partial charge in [-0.25, -0.2) is 4.98 Å². The second kappa shape index (κ2) is 3.01. The van der Waals surface area contributed by atoms with Crippen LogP contribution in [-0.4, -0.2) is 9.38 Å². The molecule has 0 aliphatic rings. The summed E-state index contributed by atoms with van der Waals surface area (Å²) in [7, 11) is 0. The zero-order valence-electron chi connectivity index (χ0n) is 8.78. The Morgan fingerprint density at radius 2 is 2.14 bits per heavy atom. The molecule has 0 unspecified atom stereocenters. The minimum atomic E-state index is 0.498. The number of anilines is 1. The SMILES string of the molecule is Cc1cc(C(C)C)n2ccnc(N)c12. The van der Waals surface area contributed by atoms with Gasteiger partial charge >= 0.3 is 0 Å². The van der Waals surface area contributed by atoms with Gasteiger partial charge in [-0.15, -0.1) is 0 Å². The molecule has 0 bridgehead atoms. The maximum atomic E-state index is 5.84. The van der Waals surface area contributed by atoms with Gasteiger partial charge in [0.25, 0.3) is 0 Å². The van der Waals surface area contributed by atoms with Gasteiger partial charge in [-0.05, 0) is 24.5 Å². The van der Waals surface area contributed by atoms with Crippen LogP contribution in [-0.2, 0) is 0 Å². The number of nitrogens with zero attached hydrogens (tertiary/aromatic N) is 2. The lowest BCUT2D eigenvalue weighted by Gasteiger charge is -2.06. The first kappa shape index (κ1) is 9.06. The molecule has 3 nitrogen and oxygen atoms in total. The molecule has 0 amide bonds. The molecule has 3 heteroatoms. The lowest BCUT2D eigenvalue weighted by molar-refractivity contribution is 0.807. The molecule has 0 atom stereocenters. The van der Waals surface area contributed by atoms with Gasteiger partial charge in [-0.2, -0.15) is 0 Å². The predicted molar refractivity (Wildman–Crippen MR) is 58.4 cm³/mol. The van der Waals surface area contributed by atoms with Crippen LogP contribution in [0.15, 0.2) is 18.5 Å². The van der Waals surface area contributed by atoms with Crippen molar-refractivity contribution < 1.29 is 0 Å². The highest BCUT2D eigenvalue weighted by atomic mass is 15.0. The molecule has 0 aromatic carbocycles. The fourth-order valence-corrected chi connectivity index (χ4v) is 1.85. The van der Waals surface area contributed by atoms with E-state index in [0.717, 1.165) is 5.52 Å². The summed E-state index contributed by atoms with van der Waals surface area (Å²) in [4.78, 5) is 4.10. The van der Waals surface area contributed by atoms with Gasteiger partial charge < -0.3 is 10.1 Å². The minimum absolute atomic E-state index is 0.498. The summed E-state index contributed by atoms with van der Waals surface area (Å²) in [5, 5.41) is 0. The summed E-state index contributed by atoms with van der Waals surface area (Å²) < 4.78 is 2.13. The number of nitrogens with two attached hydrogens (primary N) is 1. The Morgan fingerprint density at radius 1 is 1.43 bits per heavy atom. The number of fused-ring (bicyclic) bond motifs is 1. The zero-order chi connectivity index (χ0) is 10.3. The molecule has 74 valence electrons. The Labute approximate surface area is 83.6 Å². The first-order valence-corrected chi connectivity index (χ1v) is 4.83. The van der Waals surface area contributed by atoms with Gasteiger partial charge in [0.1, 0.15) is 5.82 Å². The highest BCUT2D eigenvalue weighted by Crippen LogP contribution is 2.24. The Morgan fingerprint density at radius 3 is 2.79 bits per heavy atom. The van der Waals surface area contributed by atoms with Gasteiger partial charge in [0, 0.05) is 18.1 Å². The van der Waals surface area contributed by atoms with E-state index in [0.29, 0.717) is 11.7 Å². The van der Waals surface area contributed by atoms with E-state index in [1.807, 2.05) is 6.20 Å². The van der Waals surface area contributed by atoms with Gasteiger partial charge in [0.2, 0.25) is 0 Å². The molecule has 2 heterocycles. The van der Waals surface area contributed by atoms with Gasteiger partial charge in [-0.1, -0.05) is 13.8 Å². The Hall–Kier alpha value is -1.51. The molecule has 2 aromatic rings. The average molecular weight is 189 g/mol. The molecule has 0 aliphatic carbocycles. The van der Waals surface area contributed by atoms with Gasteiger partial charge in [0.15, 0.2) is 0 Å². The molecule has 0 spiro atoms. The van der Waals surface area contributed by atoms with Gasteiger partial charge in [0.05, 0.1) is 5.52 Å². The van der Waals surface area contributed by atoms with E-state index in [1.54, 1.807) is 6.20 Å². The summed E-state index contributed by atoms with van der Waals surface area (Å²) in [6, 6.07) is 2.18. The zero-order valence-corrected chi connectivity index (χ0v) is 8.78. The topological polar surface area (TPSA) is 43.3 Å². The van der Waals surface area contributed by atoms with E-state index in [9.17, 15) is 0 Å². The molecule has 0 aliphatic heterocycles. The van der Waals surface area contributed by atoms with Crippen LogP contribution in [0, 0.1) is 6.92 Å². The first-order valence-electron chi connectivity index (χ1n) is 4.83. The monoisotopic (exact) mass is 189 g/mol. The lowest BCUT2D eigenvalue weighted by atomic mass is 10.1. The van der Waals surface area contributed by atoms with Crippen molar-refractivity contribution in [3.63, 3.8) is 0 Å². The van der Waals surface area contributed by atoms with Crippen molar-refractivity contribution >= 4 is 11.3 Å². The van der Waals surface area contributed by atoms with Crippen LogP contribution in [0.2, 0.25) is 0 Å². The molecule has 14 heavy (non-hydrogen) atoms. The van der Waals surface area contributed by atoms with E-state index in [2.05, 4.69) is 36.2 Å². The number of hydrogen-bond donors (Lipinski definition) is 1. The standard InChI is InChI=1S/C11H15N3/c1-7(2)9-6-8(3)10-11(12)13-4-5-14(9)10/h4-7H,1-3H3,(H2,12,13). The maximum absolute atomic E-state index is 5.84. The van der Waals surface area contributed by atoms with Crippen molar-refractivity contribution in [3.05, 3.63) is 29.7 Å². The average Bonchev–Trinajstić information content (AvgIpc) is 2.45. The summed E-state index contributed by atoms with van der Waals surface area (Å²) in [5.74, 6) is 1.11. The molecule has 2 aromatic heterocycles. The van der Waals surface area contributed by atoms with E-state index in [-0.39, 0.29) is 0 Å². The highest BCUT2D eigenvalue weighted by molar-refractivity contribution is 5.71. The van der Waals surface area contributed by atoms with Crippen LogP contribution in [0.4, 0.5) is 5.82 Å². The molecule has 0 fully saturated rings. The lowest BCUT2D eigenvalue weighted by Crippen LogP contribution is -1.99. The summed E-state index contributed by atoms with van der Waals surface area (Å²) >= 11 is 0. The van der Waals surface area contributed by atoms with Crippen LogP contribution in [0.5, 0.6) is 0 Å². The van der Waals surface area contributed by atoms with Crippen molar-refractivity contribution in [2.75, 3.05) is 5.73 Å². The predicted octanol–water partition coefficient (Wildman–Crippen LogP) is 2.35. The van der Waals surface area contributed by atoms with Crippen LogP contribution in [0.1, 0.15) is 31.0 Å². The van der Waals surface area contributed by atoms with E-state index in [1.165, 1.54) is 11.3 Å². The quantitative estimate of drug-likeness (QED) is 0.748. The highest BCUT2D eigenvalue weighted by Gasteiger charge is 2.10. The summed E-state index contributed by atoms with van der Waals surface area (Å²) in [6.45, 7) is 6.43. The van der Waals surface area contributed by atoms with Crippen molar-refractivity contribution in [3.8, 4) is 0 Å². The molecular weight excluding hydrogens is 174 g/mol. The largest absolute Gasteiger partial charge is 0.382 e.